The molecule has 0 nitrogen and oxygen atoms in total. The van der Waals surface area contributed by atoms with Crippen LogP contribution >= 0.6 is 29.9 Å². The van der Waals surface area contributed by atoms with Crippen LogP contribution in [0.1, 0.15) is 16.7 Å². The van der Waals surface area contributed by atoms with Crippen LogP contribution in [-0.2, 0) is 0 Å². The molecule has 130 valence electrons. The van der Waals surface area contributed by atoms with E-state index in [0.717, 1.165) is 4.12 Å². The van der Waals surface area contributed by atoms with Crippen LogP contribution in [0.3, 0.4) is 0 Å². The van der Waals surface area contributed by atoms with Crippen LogP contribution < -0.4 is 13.1 Å². The Bertz CT molecular complexity index is 752. The van der Waals surface area contributed by atoms with Gasteiger partial charge in [0.05, 0.1) is 0 Å². The van der Waals surface area contributed by atoms with Crippen molar-refractivity contribution in [2.24, 2.45) is 0 Å². The van der Waals surface area contributed by atoms with E-state index in [-0.39, 0.29) is 0 Å². The molecule has 3 heteroatoms. The van der Waals surface area contributed by atoms with E-state index >= 15 is 0 Å². The van der Waals surface area contributed by atoms with Crippen LogP contribution in [0.25, 0.3) is 0 Å². The number of benzene rings is 3. The van der Waals surface area contributed by atoms with Gasteiger partial charge in [0.1, 0.15) is 0 Å². The molecule has 0 amide bonds. The van der Waals surface area contributed by atoms with Crippen molar-refractivity contribution >= 4 is 53.5 Å². The van der Waals surface area contributed by atoms with E-state index in [4.69, 9.17) is 0 Å². The Kier molecular flexibility index (Phi) is 5.35. The second-order valence-electron chi connectivity index (χ2n) is 6.81. The third-order valence-electron chi connectivity index (χ3n) is 4.94. The van der Waals surface area contributed by atoms with E-state index in [1.807, 2.05) is 0 Å². The van der Waals surface area contributed by atoms with Crippen molar-refractivity contribution in [2.45, 2.75) is 20.8 Å². The standard InChI is InChI=1S/C22H23AsBr2/c1-17-4-10-20(11-5-17)23(25,16-24,21-12-6-18(2)7-13-21)22-14-8-19(3)9-15-22/h4-15H,16H2,1-3H3. The van der Waals surface area contributed by atoms with Gasteiger partial charge in [-0.15, -0.1) is 0 Å². The van der Waals surface area contributed by atoms with E-state index in [9.17, 15) is 0 Å². The minimum atomic E-state index is -3.45. The van der Waals surface area contributed by atoms with Crippen LogP contribution in [-0.4, -0.2) is 14.7 Å². The van der Waals surface area contributed by atoms with Crippen LogP contribution in [0.2, 0.25) is 0 Å². The van der Waals surface area contributed by atoms with Gasteiger partial charge in [0.2, 0.25) is 0 Å². The summed E-state index contributed by atoms with van der Waals surface area (Å²) >= 11 is 8.35. The Hall–Kier alpha value is -0.822. The fourth-order valence-corrected chi connectivity index (χ4v) is 19.0. The third-order valence-corrected chi connectivity index (χ3v) is 30.9. The Labute approximate surface area is 167 Å². The van der Waals surface area contributed by atoms with Crippen molar-refractivity contribution in [2.75, 3.05) is 4.12 Å². The van der Waals surface area contributed by atoms with Crippen LogP contribution in [0.15, 0.2) is 72.8 Å². The van der Waals surface area contributed by atoms with E-state index in [1.165, 1.54) is 29.7 Å². The van der Waals surface area contributed by atoms with Gasteiger partial charge in [-0.2, -0.15) is 0 Å². The molecule has 0 aliphatic rings. The molecule has 3 rings (SSSR count). The molecule has 0 aliphatic heterocycles. The average Bonchev–Trinajstić information content (AvgIpc) is 2.63. The molecule has 0 unspecified atom stereocenters. The number of aryl methyl sites for hydroxylation is 3. The van der Waals surface area contributed by atoms with Gasteiger partial charge in [0.25, 0.3) is 0 Å². The first-order chi connectivity index (χ1) is 11.9. The van der Waals surface area contributed by atoms with Crippen LogP contribution in [0, 0.1) is 20.8 Å². The first kappa shape index (κ1) is 19.0. The van der Waals surface area contributed by atoms with Crippen molar-refractivity contribution < 1.29 is 0 Å². The predicted molar refractivity (Wildman–Crippen MR) is 121 cm³/mol. The molecule has 25 heavy (non-hydrogen) atoms. The van der Waals surface area contributed by atoms with Gasteiger partial charge < -0.3 is 0 Å². The van der Waals surface area contributed by atoms with Crippen molar-refractivity contribution in [3.05, 3.63) is 89.5 Å². The molecule has 0 aromatic heterocycles. The summed E-state index contributed by atoms with van der Waals surface area (Å²) in [5, 5.41) is 0. The molecule has 3 aromatic carbocycles. The summed E-state index contributed by atoms with van der Waals surface area (Å²) in [6.07, 6.45) is 0. The summed E-state index contributed by atoms with van der Waals surface area (Å²) in [5.41, 5.74) is 3.87. The quantitative estimate of drug-likeness (QED) is 0.340. The van der Waals surface area contributed by atoms with E-state index in [1.54, 1.807) is 0 Å². The maximum atomic E-state index is 4.42. The zero-order chi connectivity index (χ0) is 18.1. The van der Waals surface area contributed by atoms with E-state index < -0.39 is 10.6 Å². The summed E-state index contributed by atoms with van der Waals surface area (Å²) in [7, 11) is -3.45. The van der Waals surface area contributed by atoms with Crippen LogP contribution in [0.4, 0.5) is 0 Å². The SMILES string of the molecule is Cc1ccc([As](Br)(CBr)(c2ccc(C)cc2)c2ccc(C)cc2)cc1. The number of hydrogen-bond acceptors (Lipinski definition) is 0. The summed E-state index contributed by atoms with van der Waals surface area (Å²) < 4.78 is 5.09. The molecule has 0 saturated carbocycles. The normalized spacial score (nSPS) is 13.2. The van der Waals surface area contributed by atoms with Crippen molar-refractivity contribution in [1.82, 2.24) is 0 Å². The van der Waals surface area contributed by atoms with Gasteiger partial charge in [-0.1, -0.05) is 0 Å². The Morgan fingerprint density at radius 2 is 0.800 bits per heavy atom. The molecule has 0 saturated heterocycles. The zero-order valence-corrected chi connectivity index (χ0v) is 19.9. The van der Waals surface area contributed by atoms with Crippen LogP contribution in [0.5, 0.6) is 0 Å². The summed E-state index contributed by atoms with van der Waals surface area (Å²) in [5.74, 6) is 0. The maximum absolute atomic E-state index is 4.42. The molecule has 3 aromatic rings. The Morgan fingerprint density at radius 1 is 0.560 bits per heavy atom. The molecule has 0 bridgehead atoms. The first-order valence-electron chi connectivity index (χ1n) is 8.39. The molecule has 0 N–H and O–H groups in total. The molecule has 0 spiro atoms. The van der Waals surface area contributed by atoms with E-state index in [2.05, 4.69) is 123 Å². The number of halogens is 2. The second kappa shape index (κ2) is 7.06. The van der Waals surface area contributed by atoms with Gasteiger partial charge in [-0.3, -0.25) is 0 Å². The summed E-state index contributed by atoms with van der Waals surface area (Å²) in [4.78, 5) is 0. The molecular weight excluding hydrogens is 499 g/mol. The van der Waals surface area contributed by atoms with Gasteiger partial charge in [0.15, 0.2) is 0 Å². The summed E-state index contributed by atoms with van der Waals surface area (Å²) in [6, 6.07) is 27.2. The predicted octanol–water partition coefficient (Wildman–Crippen LogP) is 4.86. The van der Waals surface area contributed by atoms with Gasteiger partial charge in [0, 0.05) is 0 Å². The van der Waals surface area contributed by atoms with E-state index in [0.29, 0.717) is 0 Å². The zero-order valence-electron chi connectivity index (χ0n) is 14.8. The molecular formula is C22H23AsBr2. The van der Waals surface area contributed by atoms with Gasteiger partial charge in [-0.25, -0.2) is 0 Å². The second-order valence-corrected chi connectivity index (χ2v) is 26.3. The monoisotopic (exact) mass is 520 g/mol. The molecule has 0 heterocycles. The number of alkyl halides is 1. The van der Waals surface area contributed by atoms with Gasteiger partial charge in [-0.05, 0) is 0 Å². The van der Waals surface area contributed by atoms with Gasteiger partial charge >= 0.3 is 168 Å². The Morgan fingerprint density at radius 3 is 1.00 bits per heavy atom. The fourth-order valence-electron chi connectivity index (χ4n) is 3.22. The minimum absolute atomic E-state index is 0.904. The number of rotatable bonds is 4. The van der Waals surface area contributed by atoms with Crippen molar-refractivity contribution in [3.63, 3.8) is 0 Å². The van der Waals surface area contributed by atoms with Crippen molar-refractivity contribution in [3.8, 4) is 0 Å². The third kappa shape index (κ3) is 3.18. The first-order valence-corrected chi connectivity index (χ1v) is 18.0. The average molecular weight is 522 g/mol. The Balaban J connectivity index is 2.38. The molecule has 0 fully saturated rings. The summed E-state index contributed by atoms with van der Waals surface area (Å²) in [6.45, 7) is 6.43. The molecule has 0 aliphatic carbocycles. The molecule has 0 atom stereocenters. The number of hydrogen-bond donors (Lipinski definition) is 0. The molecule has 0 radical (unpaired) electrons. The topological polar surface area (TPSA) is 0 Å². The fraction of sp³-hybridized carbons (Fsp3) is 0.182. The van der Waals surface area contributed by atoms with Crippen molar-refractivity contribution in [1.29, 1.82) is 0 Å².